The molecule has 2 N–H and O–H groups in total. The molecular formula is C11H16N4S. The van der Waals surface area contributed by atoms with Gasteiger partial charge in [0.15, 0.2) is 5.11 Å². The number of nitrogens with one attached hydrogen (secondary N) is 2. The minimum Gasteiger partial charge on any atom is -0.361 e. The van der Waals surface area contributed by atoms with E-state index in [2.05, 4.69) is 34.7 Å². The minimum absolute atomic E-state index is 0.529. The molecule has 0 aromatic carbocycles. The normalized spacial score (nSPS) is 10.7. The van der Waals surface area contributed by atoms with Gasteiger partial charge >= 0.3 is 0 Å². The van der Waals surface area contributed by atoms with Gasteiger partial charge in [-0.05, 0) is 30.3 Å². The Morgan fingerprint density at radius 3 is 3.00 bits per heavy atom. The lowest BCUT2D eigenvalue weighted by molar-refractivity contribution is 0.621. The summed E-state index contributed by atoms with van der Waals surface area (Å²) >= 11 is 5.03. The van der Waals surface area contributed by atoms with E-state index in [0.29, 0.717) is 11.0 Å². The Hall–Kier alpha value is -1.49. The average molecular weight is 236 g/mol. The highest BCUT2D eigenvalue weighted by Crippen LogP contribution is 1.88. The summed E-state index contributed by atoms with van der Waals surface area (Å²) < 4.78 is 0. The zero-order chi connectivity index (χ0) is 11.8. The van der Waals surface area contributed by atoms with E-state index < -0.39 is 0 Å². The molecule has 0 radical (unpaired) electrons. The van der Waals surface area contributed by atoms with Crippen LogP contribution < -0.4 is 10.7 Å². The van der Waals surface area contributed by atoms with Crippen molar-refractivity contribution < 1.29 is 0 Å². The number of hydrogen-bond acceptors (Lipinski definition) is 3. The molecule has 4 nitrogen and oxygen atoms in total. The number of nitrogens with zero attached hydrogens (tertiary/aromatic N) is 2. The van der Waals surface area contributed by atoms with Crippen LogP contribution in [0.3, 0.4) is 0 Å². The second-order valence-electron chi connectivity index (χ2n) is 3.73. The number of hydrazone groups is 1. The van der Waals surface area contributed by atoms with Gasteiger partial charge in [0.05, 0.1) is 11.9 Å². The first-order valence-corrected chi connectivity index (χ1v) is 5.57. The molecule has 0 aliphatic rings. The van der Waals surface area contributed by atoms with E-state index in [4.69, 9.17) is 12.2 Å². The summed E-state index contributed by atoms with van der Waals surface area (Å²) in [4.78, 5) is 4.10. The van der Waals surface area contributed by atoms with Crippen LogP contribution in [0, 0.1) is 5.92 Å². The summed E-state index contributed by atoms with van der Waals surface area (Å²) in [5.74, 6) is 0.555. The summed E-state index contributed by atoms with van der Waals surface area (Å²) in [5.41, 5.74) is 3.53. The van der Waals surface area contributed by atoms with E-state index in [1.54, 1.807) is 12.4 Å². The summed E-state index contributed by atoms with van der Waals surface area (Å²) in [5, 5.41) is 7.56. The molecule has 0 bridgehead atoms. The molecule has 1 rings (SSSR count). The van der Waals surface area contributed by atoms with Gasteiger partial charge in [0, 0.05) is 12.7 Å². The SMILES string of the molecule is CC(C)CNC(=S)NN=Cc1ccccn1. The zero-order valence-corrected chi connectivity index (χ0v) is 10.3. The summed E-state index contributed by atoms with van der Waals surface area (Å²) in [6, 6.07) is 5.64. The maximum absolute atomic E-state index is 5.03. The van der Waals surface area contributed by atoms with E-state index in [0.717, 1.165) is 12.2 Å². The molecule has 1 aromatic heterocycles. The number of hydrogen-bond donors (Lipinski definition) is 2. The van der Waals surface area contributed by atoms with Crippen molar-refractivity contribution in [3.63, 3.8) is 0 Å². The van der Waals surface area contributed by atoms with Crippen molar-refractivity contribution in [3.05, 3.63) is 30.1 Å². The molecule has 0 aliphatic carbocycles. The summed E-state index contributed by atoms with van der Waals surface area (Å²) in [7, 11) is 0. The fourth-order valence-electron chi connectivity index (χ4n) is 0.946. The molecule has 0 saturated heterocycles. The Morgan fingerprint density at radius 1 is 1.56 bits per heavy atom. The van der Waals surface area contributed by atoms with Crippen LogP contribution in [0.1, 0.15) is 19.5 Å². The summed E-state index contributed by atoms with van der Waals surface area (Å²) in [6.45, 7) is 5.07. The standard InChI is InChI=1S/C11H16N4S/c1-9(2)7-13-11(16)15-14-8-10-5-3-4-6-12-10/h3-6,8-9H,7H2,1-2H3,(H2,13,15,16). The zero-order valence-electron chi connectivity index (χ0n) is 9.47. The van der Waals surface area contributed by atoms with Crippen LogP contribution in [-0.2, 0) is 0 Å². The van der Waals surface area contributed by atoms with E-state index in [1.165, 1.54) is 0 Å². The largest absolute Gasteiger partial charge is 0.361 e. The maximum Gasteiger partial charge on any atom is 0.186 e. The molecule has 5 heteroatoms. The lowest BCUT2D eigenvalue weighted by Crippen LogP contribution is -2.34. The van der Waals surface area contributed by atoms with Crippen molar-refractivity contribution >= 4 is 23.5 Å². The minimum atomic E-state index is 0.529. The van der Waals surface area contributed by atoms with Gasteiger partial charge in [-0.1, -0.05) is 19.9 Å². The topological polar surface area (TPSA) is 49.3 Å². The Labute approximate surface area is 101 Å². The molecule has 1 aromatic rings. The molecule has 0 atom stereocenters. The number of rotatable bonds is 4. The van der Waals surface area contributed by atoms with Gasteiger partial charge in [0.25, 0.3) is 0 Å². The summed E-state index contributed by atoms with van der Waals surface area (Å²) in [6.07, 6.45) is 3.35. The fraction of sp³-hybridized carbons (Fsp3) is 0.364. The lowest BCUT2D eigenvalue weighted by atomic mass is 10.2. The van der Waals surface area contributed by atoms with Crippen molar-refractivity contribution in [2.45, 2.75) is 13.8 Å². The predicted octanol–water partition coefficient (Wildman–Crippen LogP) is 1.54. The third-order valence-corrected chi connectivity index (χ3v) is 1.96. The molecular weight excluding hydrogens is 220 g/mol. The van der Waals surface area contributed by atoms with Crippen LogP contribution in [0.15, 0.2) is 29.5 Å². The van der Waals surface area contributed by atoms with E-state index in [-0.39, 0.29) is 0 Å². The van der Waals surface area contributed by atoms with E-state index in [1.807, 2.05) is 18.2 Å². The van der Waals surface area contributed by atoms with Crippen LogP contribution in [0.5, 0.6) is 0 Å². The van der Waals surface area contributed by atoms with Gasteiger partial charge < -0.3 is 5.32 Å². The van der Waals surface area contributed by atoms with Crippen LogP contribution in [-0.4, -0.2) is 22.9 Å². The van der Waals surface area contributed by atoms with Crippen LogP contribution in [0.25, 0.3) is 0 Å². The van der Waals surface area contributed by atoms with Crippen molar-refractivity contribution in [1.82, 2.24) is 15.7 Å². The van der Waals surface area contributed by atoms with Crippen molar-refractivity contribution in [3.8, 4) is 0 Å². The van der Waals surface area contributed by atoms with Crippen LogP contribution in [0.4, 0.5) is 0 Å². The van der Waals surface area contributed by atoms with E-state index >= 15 is 0 Å². The first-order chi connectivity index (χ1) is 7.68. The lowest BCUT2D eigenvalue weighted by Gasteiger charge is -2.08. The first kappa shape index (κ1) is 12.6. The second-order valence-corrected chi connectivity index (χ2v) is 4.14. The average Bonchev–Trinajstić information content (AvgIpc) is 2.28. The van der Waals surface area contributed by atoms with Gasteiger partial charge in [-0.15, -0.1) is 0 Å². The Balaban J connectivity index is 2.29. The highest BCUT2D eigenvalue weighted by molar-refractivity contribution is 7.80. The number of aromatic nitrogens is 1. The van der Waals surface area contributed by atoms with Gasteiger partial charge in [0.1, 0.15) is 0 Å². The van der Waals surface area contributed by atoms with Gasteiger partial charge in [0.2, 0.25) is 0 Å². The molecule has 86 valence electrons. The van der Waals surface area contributed by atoms with E-state index in [9.17, 15) is 0 Å². The molecule has 0 spiro atoms. The molecule has 0 aliphatic heterocycles. The molecule has 0 saturated carbocycles. The monoisotopic (exact) mass is 236 g/mol. The smallest absolute Gasteiger partial charge is 0.186 e. The molecule has 0 amide bonds. The quantitative estimate of drug-likeness (QED) is 0.473. The third kappa shape index (κ3) is 5.41. The predicted molar refractivity (Wildman–Crippen MR) is 70.4 cm³/mol. The maximum atomic E-state index is 5.03. The van der Waals surface area contributed by atoms with Gasteiger partial charge in [-0.2, -0.15) is 5.10 Å². The number of thiocarbonyl (C=S) groups is 1. The Kier molecular flexibility index (Phi) is 5.42. The molecule has 0 fully saturated rings. The second kappa shape index (κ2) is 6.90. The van der Waals surface area contributed by atoms with Crippen molar-refractivity contribution in [1.29, 1.82) is 0 Å². The highest BCUT2D eigenvalue weighted by Gasteiger charge is 1.95. The molecule has 1 heterocycles. The Morgan fingerprint density at radius 2 is 2.38 bits per heavy atom. The van der Waals surface area contributed by atoms with Crippen LogP contribution >= 0.6 is 12.2 Å². The van der Waals surface area contributed by atoms with Gasteiger partial charge in [-0.3, -0.25) is 10.4 Å². The Bertz CT molecular complexity index is 348. The van der Waals surface area contributed by atoms with Crippen molar-refractivity contribution in [2.24, 2.45) is 11.0 Å². The molecule has 16 heavy (non-hydrogen) atoms. The highest BCUT2D eigenvalue weighted by atomic mass is 32.1. The molecule has 0 unspecified atom stereocenters. The van der Waals surface area contributed by atoms with Gasteiger partial charge in [-0.25, -0.2) is 0 Å². The third-order valence-electron chi connectivity index (χ3n) is 1.72. The van der Waals surface area contributed by atoms with Crippen LogP contribution in [0.2, 0.25) is 0 Å². The number of pyridine rings is 1. The first-order valence-electron chi connectivity index (χ1n) is 5.16. The fourth-order valence-corrected chi connectivity index (χ4v) is 1.08. The van der Waals surface area contributed by atoms with Crippen molar-refractivity contribution in [2.75, 3.05) is 6.54 Å².